The van der Waals surface area contributed by atoms with Crippen LogP contribution < -0.4 is 5.32 Å². The summed E-state index contributed by atoms with van der Waals surface area (Å²) in [5, 5.41) is 13.2. The largest absolute Gasteiger partial charge is 0.394 e. The van der Waals surface area contributed by atoms with Gasteiger partial charge in [-0.15, -0.1) is 0 Å². The van der Waals surface area contributed by atoms with E-state index in [9.17, 15) is 5.11 Å². The van der Waals surface area contributed by atoms with Gasteiger partial charge in [-0.05, 0) is 66.2 Å². The monoisotopic (exact) mass is 285 g/mol. The van der Waals surface area contributed by atoms with Crippen LogP contribution in [0.3, 0.4) is 0 Å². The van der Waals surface area contributed by atoms with Gasteiger partial charge in [-0.25, -0.2) is 0 Å². The molecule has 1 rings (SSSR count). The second-order valence-corrected chi connectivity index (χ2v) is 6.89. The van der Waals surface area contributed by atoms with Gasteiger partial charge in [-0.2, -0.15) is 0 Å². The highest BCUT2D eigenvalue weighted by molar-refractivity contribution is 4.92. The maximum Gasteiger partial charge on any atom is 0.0610 e. The number of nitrogens with one attached hydrogen (secondary N) is 1. The normalized spacial score (nSPS) is 18.8. The molecule has 1 atom stereocenters. The first-order chi connectivity index (χ1) is 9.49. The Morgan fingerprint density at radius 2 is 1.85 bits per heavy atom. The highest BCUT2D eigenvalue weighted by Gasteiger charge is 2.31. The molecular formula is C16H35N3O. The fourth-order valence-electron chi connectivity index (χ4n) is 2.60. The summed E-state index contributed by atoms with van der Waals surface area (Å²) in [5.74, 6) is 0. The molecule has 1 aliphatic carbocycles. The predicted molar refractivity (Wildman–Crippen MR) is 86.2 cm³/mol. The number of aliphatic hydroxyl groups excluding tert-OH is 1. The predicted octanol–water partition coefficient (Wildman–Crippen LogP) is 1.54. The summed E-state index contributed by atoms with van der Waals surface area (Å²) in [7, 11) is 4.26. The Bertz CT molecular complexity index is 256. The molecular weight excluding hydrogens is 250 g/mol. The van der Waals surface area contributed by atoms with Gasteiger partial charge in [0.25, 0.3) is 0 Å². The molecule has 1 aliphatic rings. The van der Waals surface area contributed by atoms with E-state index in [4.69, 9.17) is 0 Å². The Balaban J connectivity index is 2.26. The second kappa shape index (κ2) is 8.98. The first-order valence-electron chi connectivity index (χ1n) is 8.24. The third-order valence-corrected chi connectivity index (χ3v) is 4.09. The molecule has 0 bridgehead atoms. The SMILES string of the molecule is CCCN(CCCC(C)(CO)NC1CC1)CCN(C)C. The summed E-state index contributed by atoms with van der Waals surface area (Å²) in [6.07, 6.45) is 5.98. The van der Waals surface area contributed by atoms with Crippen molar-refractivity contribution in [2.75, 3.05) is 46.9 Å². The van der Waals surface area contributed by atoms with E-state index in [0.717, 1.165) is 32.5 Å². The number of nitrogens with zero attached hydrogens (tertiary/aromatic N) is 2. The minimum absolute atomic E-state index is 0.0827. The molecule has 1 fully saturated rings. The summed E-state index contributed by atoms with van der Waals surface area (Å²) >= 11 is 0. The zero-order valence-electron chi connectivity index (χ0n) is 14.0. The molecule has 2 N–H and O–H groups in total. The van der Waals surface area contributed by atoms with Crippen LogP contribution in [-0.4, -0.2) is 73.4 Å². The molecule has 0 spiro atoms. The van der Waals surface area contributed by atoms with Gasteiger partial charge in [-0.1, -0.05) is 6.92 Å². The topological polar surface area (TPSA) is 38.7 Å². The van der Waals surface area contributed by atoms with Crippen molar-refractivity contribution < 1.29 is 5.11 Å². The lowest BCUT2D eigenvalue weighted by atomic mass is 9.96. The van der Waals surface area contributed by atoms with Crippen LogP contribution in [0, 0.1) is 0 Å². The molecule has 0 saturated heterocycles. The Labute approximate surface area is 125 Å². The highest BCUT2D eigenvalue weighted by Crippen LogP contribution is 2.24. The second-order valence-electron chi connectivity index (χ2n) is 6.89. The molecule has 120 valence electrons. The van der Waals surface area contributed by atoms with Gasteiger partial charge in [-0.3, -0.25) is 0 Å². The van der Waals surface area contributed by atoms with E-state index in [1.165, 1.54) is 25.8 Å². The minimum atomic E-state index is -0.0827. The third kappa shape index (κ3) is 7.58. The average Bonchev–Trinajstić information content (AvgIpc) is 3.19. The molecule has 0 amide bonds. The quantitative estimate of drug-likeness (QED) is 0.570. The van der Waals surface area contributed by atoms with E-state index in [1.807, 2.05) is 0 Å². The van der Waals surface area contributed by atoms with E-state index >= 15 is 0 Å². The van der Waals surface area contributed by atoms with Crippen molar-refractivity contribution in [1.82, 2.24) is 15.1 Å². The fourth-order valence-corrected chi connectivity index (χ4v) is 2.60. The highest BCUT2D eigenvalue weighted by atomic mass is 16.3. The summed E-state index contributed by atoms with van der Waals surface area (Å²) in [6.45, 7) is 9.24. The minimum Gasteiger partial charge on any atom is -0.394 e. The third-order valence-electron chi connectivity index (χ3n) is 4.09. The van der Waals surface area contributed by atoms with Gasteiger partial charge in [0.05, 0.1) is 6.61 Å². The molecule has 20 heavy (non-hydrogen) atoms. The van der Waals surface area contributed by atoms with Crippen molar-refractivity contribution in [2.45, 2.75) is 57.5 Å². The molecule has 4 heteroatoms. The first-order valence-corrected chi connectivity index (χ1v) is 8.24. The summed E-state index contributed by atoms with van der Waals surface area (Å²) in [5.41, 5.74) is -0.0827. The lowest BCUT2D eigenvalue weighted by Gasteiger charge is -2.31. The van der Waals surface area contributed by atoms with E-state index in [2.05, 4.69) is 43.1 Å². The zero-order valence-corrected chi connectivity index (χ0v) is 14.0. The Hall–Kier alpha value is -0.160. The van der Waals surface area contributed by atoms with Gasteiger partial charge in [0.1, 0.15) is 0 Å². The van der Waals surface area contributed by atoms with Crippen molar-refractivity contribution in [3.8, 4) is 0 Å². The number of aliphatic hydroxyl groups is 1. The molecule has 1 unspecified atom stereocenters. The average molecular weight is 285 g/mol. The standard InChI is InChI=1S/C16H35N3O/c1-5-10-19(13-12-18(3)4)11-6-9-16(2,14-20)17-15-7-8-15/h15,17,20H,5-14H2,1-4H3. The van der Waals surface area contributed by atoms with Crippen LogP contribution >= 0.6 is 0 Å². The number of hydrogen-bond acceptors (Lipinski definition) is 4. The molecule has 0 aromatic heterocycles. The van der Waals surface area contributed by atoms with E-state index in [-0.39, 0.29) is 12.1 Å². The smallest absolute Gasteiger partial charge is 0.0610 e. The van der Waals surface area contributed by atoms with Gasteiger partial charge in [0.2, 0.25) is 0 Å². The van der Waals surface area contributed by atoms with Crippen molar-refractivity contribution in [3.63, 3.8) is 0 Å². The first kappa shape index (κ1) is 17.9. The molecule has 0 aromatic carbocycles. The lowest BCUT2D eigenvalue weighted by molar-refractivity contribution is 0.153. The van der Waals surface area contributed by atoms with Crippen molar-refractivity contribution in [1.29, 1.82) is 0 Å². The summed E-state index contributed by atoms with van der Waals surface area (Å²) in [4.78, 5) is 4.80. The van der Waals surface area contributed by atoms with Gasteiger partial charge >= 0.3 is 0 Å². The van der Waals surface area contributed by atoms with E-state index in [0.29, 0.717) is 6.04 Å². The van der Waals surface area contributed by atoms with E-state index < -0.39 is 0 Å². The van der Waals surface area contributed by atoms with Crippen LogP contribution in [0.2, 0.25) is 0 Å². The molecule has 4 nitrogen and oxygen atoms in total. The molecule has 1 saturated carbocycles. The van der Waals surface area contributed by atoms with Gasteiger partial charge in [0, 0.05) is 24.7 Å². The van der Waals surface area contributed by atoms with Crippen LogP contribution in [0.15, 0.2) is 0 Å². The number of rotatable bonds is 12. The summed E-state index contributed by atoms with van der Waals surface area (Å²) in [6, 6.07) is 0.660. The molecule has 0 heterocycles. The zero-order chi connectivity index (χ0) is 15.0. The molecule has 0 radical (unpaired) electrons. The Kier molecular flexibility index (Phi) is 8.03. The number of likely N-dealkylation sites (N-methyl/N-ethyl adjacent to an activating group) is 1. The lowest BCUT2D eigenvalue weighted by Crippen LogP contribution is -2.47. The number of hydrogen-bond donors (Lipinski definition) is 2. The maximum absolute atomic E-state index is 9.62. The maximum atomic E-state index is 9.62. The van der Waals surface area contributed by atoms with Gasteiger partial charge < -0.3 is 20.2 Å². The van der Waals surface area contributed by atoms with Crippen molar-refractivity contribution in [2.24, 2.45) is 0 Å². The Morgan fingerprint density at radius 1 is 1.15 bits per heavy atom. The van der Waals surface area contributed by atoms with E-state index in [1.54, 1.807) is 0 Å². The van der Waals surface area contributed by atoms with Crippen LogP contribution in [0.25, 0.3) is 0 Å². The van der Waals surface area contributed by atoms with Crippen LogP contribution in [0.5, 0.6) is 0 Å². The fraction of sp³-hybridized carbons (Fsp3) is 1.00. The van der Waals surface area contributed by atoms with Gasteiger partial charge in [0.15, 0.2) is 0 Å². The van der Waals surface area contributed by atoms with Crippen LogP contribution in [0.1, 0.15) is 46.0 Å². The molecule has 0 aromatic rings. The summed E-state index contributed by atoms with van der Waals surface area (Å²) < 4.78 is 0. The Morgan fingerprint density at radius 3 is 2.35 bits per heavy atom. The molecule has 0 aliphatic heterocycles. The van der Waals surface area contributed by atoms with Crippen LogP contribution in [0.4, 0.5) is 0 Å². The van der Waals surface area contributed by atoms with Crippen molar-refractivity contribution >= 4 is 0 Å². The van der Waals surface area contributed by atoms with Crippen LogP contribution in [-0.2, 0) is 0 Å². The van der Waals surface area contributed by atoms with Crippen molar-refractivity contribution in [3.05, 3.63) is 0 Å².